The maximum atomic E-state index is 13.5. The Kier molecular flexibility index (Phi) is 6.37. The first-order valence-corrected chi connectivity index (χ1v) is 11.3. The van der Waals surface area contributed by atoms with Gasteiger partial charge in [-0.1, -0.05) is 53.8 Å². The Hall–Kier alpha value is -3.45. The Balaban J connectivity index is 1.87. The van der Waals surface area contributed by atoms with Gasteiger partial charge in [0.15, 0.2) is 4.80 Å². The first-order valence-electron chi connectivity index (χ1n) is 10.5. The number of aromatic nitrogens is 1. The number of ether oxygens (including phenoxy) is 2. The molecule has 1 aromatic heterocycles. The van der Waals surface area contributed by atoms with Crippen LogP contribution in [0.4, 0.5) is 0 Å². The number of fused-ring (bicyclic) bond motifs is 1. The van der Waals surface area contributed by atoms with Crippen LogP contribution in [0.15, 0.2) is 75.7 Å². The molecule has 0 N–H and O–H groups in total. The molecule has 2 aromatic carbocycles. The summed E-state index contributed by atoms with van der Waals surface area (Å²) in [5.74, 6) is 0.327. The number of hydrogen-bond donors (Lipinski definition) is 0. The number of hydrogen-bond acceptors (Lipinski definition) is 6. The highest BCUT2D eigenvalue weighted by atomic mass is 32.1. The van der Waals surface area contributed by atoms with E-state index in [0.717, 1.165) is 16.9 Å². The van der Waals surface area contributed by atoms with E-state index >= 15 is 0 Å². The molecular weight excluding hydrogens is 424 g/mol. The Bertz CT molecular complexity index is 1340. The third-order valence-electron chi connectivity index (χ3n) is 5.12. The molecule has 0 radical (unpaired) electrons. The molecule has 2 heterocycles. The lowest BCUT2D eigenvalue weighted by molar-refractivity contribution is -0.139. The highest BCUT2D eigenvalue weighted by molar-refractivity contribution is 7.07. The van der Waals surface area contributed by atoms with Crippen LogP contribution in [0, 0.1) is 0 Å². The normalized spacial score (nSPS) is 15.8. The lowest BCUT2D eigenvalue weighted by Crippen LogP contribution is -2.39. The van der Waals surface area contributed by atoms with E-state index in [0.29, 0.717) is 27.2 Å². The second-order valence-electron chi connectivity index (χ2n) is 7.22. The van der Waals surface area contributed by atoms with Crippen molar-refractivity contribution in [3.8, 4) is 5.75 Å². The largest absolute Gasteiger partial charge is 0.494 e. The third kappa shape index (κ3) is 4.16. The molecular formula is C25H24N2O4S. The molecule has 0 bridgehead atoms. The van der Waals surface area contributed by atoms with Crippen molar-refractivity contribution in [3.63, 3.8) is 0 Å². The topological polar surface area (TPSA) is 69.9 Å². The number of allylic oxidation sites excluding steroid dienone is 1. The van der Waals surface area contributed by atoms with Crippen molar-refractivity contribution in [3.05, 3.63) is 96.7 Å². The molecule has 0 spiro atoms. The van der Waals surface area contributed by atoms with Crippen molar-refractivity contribution in [2.45, 2.75) is 26.8 Å². The molecule has 6 nitrogen and oxygen atoms in total. The fourth-order valence-corrected chi connectivity index (χ4v) is 4.77. The lowest BCUT2D eigenvalue weighted by atomic mass is 9.96. The summed E-state index contributed by atoms with van der Waals surface area (Å²) >= 11 is 1.31. The second kappa shape index (κ2) is 9.36. The zero-order chi connectivity index (χ0) is 22.7. The van der Waals surface area contributed by atoms with Crippen LogP contribution < -0.4 is 19.6 Å². The highest BCUT2D eigenvalue weighted by Crippen LogP contribution is 2.30. The van der Waals surface area contributed by atoms with Gasteiger partial charge in [-0.25, -0.2) is 9.79 Å². The summed E-state index contributed by atoms with van der Waals surface area (Å²) < 4.78 is 12.9. The molecule has 7 heteroatoms. The Labute approximate surface area is 189 Å². The maximum Gasteiger partial charge on any atom is 0.338 e. The molecule has 32 heavy (non-hydrogen) atoms. The highest BCUT2D eigenvalue weighted by Gasteiger charge is 2.33. The maximum absolute atomic E-state index is 13.5. The molecule has 0 aliphatic carbocycles. The van der Waals surface area contributed by atoms with Crippen molar-refractivity contribution in [1.29, 1.82) is 0 Å². The van der Waals surface area contributed by atoms with Crippen LogP contribution in [0.3, 0.4) is 0 Å². The van der Waals surface area contributed by atoms with Crippen LogP contribution in [0.25, 0.3) is 6.08 Å². The minimum Gasteiger partial charge on any atom is -0.494 e. The first kappa shape index (κ1) is 21.8. The van der Waals surface area contributed by atoms with Gasteiger partial charge in [-0.15, -0.1) is 0 Å². The summed E-state index contributed by atoms with van der Waals surface area (Å²) in [5.41, 5.74) is 2.48. The van der Waals surface area contributed by atoms with Gasteiger partial charge in [-0.05, 0) is 50.1 Å². The van der Waals surface area contributed by atoms with Gasteiger partial charge >= 0.3 is 5.97 Å². The van der Waals surface area contributed by atoms with Gasteiger partial charge in [0.1, 0.15) is 5.75 Å². The standard InChI is InChI=1S/C25H24N2O4S/c1-4-30-19-13-11-17(12-14-19)15-20-23(28)27-22(18-9-7-6-8-10-18)21(24(29)31-5-2)16(3)26-25(27)32-20/h6-15,22H,4-5H2,1-3H3/b20-15+. The lowest BCUT2D eigenvalue weighted by Gasteiger charge is -2.24. The second-order valence-corrected chi connectivity index (χ2v) is 8.22. The van der Waals surface area contributed by atoms with Crippen molar-refractivity contribution < 1.29 is 14.3 Å². The molecule has 4 rings (SSSR count). The molecule has 1 aliphatic heterocycles. The van der Waals surface area contributed by atoms with Gasteiger partial charge in [0, 0.05) is 0 Å². The summed E-state index contributed by atoms with van der Waals surface area (Å²) in [4.78, 5) is 31.5. The van der Waals surface area contributed by atoms with Crippen LogP contribution in [-0.2, 0) is 9.53 Å². The molecule has 1 atom stereocenters. The van der Waals surface area contributed by atoms with Gasteiger partial charge in [-0.3, -0.25) is 9.36 Å². The monoisotopic (exact) mass is 448 g/mol. The van der Waals surface area contributed by atoms with Gasteiger partial charge in [-0.2, -0.15) is 0 Å². The Morgan fingerprint density at radius 2 is 1.81 bits per heavy atom. The zero-order valence-electron chi connectivity index (χ0n) is 18.2. The predicted molar refractivity (Wildman–Crippen MR) is 124 cm³/mol. The molecule has 164 valence electrons. The fourth-order valence-electron chi connectivity index (χ4n) is 3.72. The van der Waals surface area contributed by atoms with E-state index in [-0.39, 0.29) is 12.2 Å². The predicted octanol–water partition coefficient (Wildman–Crippen LogP) is 3.20. The number of carbonyl (C=O) groups is 1. The Morgan fingerprint density at radius 3 is 2.47 bits per heavy atom. The van der Waals surface area contributed by atoms with Crippen molar-refractivity contribution >= 4 is 23.4 Å². The van der Waals surface area contributed by atoms with Gasteiger partial charge in [0.25, 0.3) is 5.56 Å². The van der Waals surface area contributed by atoms with E-state index < -0.39 is 12.0 Å². The first-order chi connectivity index (χ1) is 15.5. The molecule has 1 aliphatic rings. The van der Waals surface area contributed by atoms with E-state index in [1.54, 1.807) is 18.4 Å². The average molecular weight is 449 g/mol. The number of esters is 1. The smallest absolute Gasteiger partial charge is 0.338 e. The average Bonchev–Trinajstić information content (AvgIpc) is 3.09. The molecule has 0 fully saturated rings. The molecule has 0 saturated heterocycles. The van der Waals surface area contributed by atoms with Gasteiger partial charge in [0.2, 0.25) is 0 Å². The van der Waals surface area contributed by atoms with E-state index in [4.69, 9.17) is 9.47 Å². The quantitative estimate of drug-likeness (QED) is 0.543. The third-order valence-corrected chi connectivity index (χ3v) is 6.10. The molecule has 1 unspecified atom stereocenters. The van der Waals surface area contributed by atoms with Gasteiger partial charge in [0.05, 0.1) is 35.1 Å². The molecule has 3 aromatic rings. The number of rotatable bonds is 6. The van der Waals surface area contributed by atoms with E-state index in [1.807, 2.05) is 67.6 Å². The van der Waals surface area contributed by atoms with Crippen LogP contribution in [0.5, 0.6) is 5.75 Å². The van der Waals surface area contributed by atoms with E-state index in [9.17, 15) is 9.59 Å². The van der Waals surface area contributed by atoms with Gasteiger partial charge < -0.3 is 9.47 Å². The number of nitrogens with zero attached hydrogens (tertiary/aromatic N) is 2. The minimum atomic E-state index is -0.589. The van der Waals surface area contributed by atoms with E-state index in [1.165, 1.54) is 11.3 Å². The summed E-state index contributed by atoms with van der Waals surface area (Å²) in [7, 11) is 0. The Morgan fingerprint density at radius 1 is 1.09 bits per heavy atom. The molecule has 0 saturated carbocycles. The summed E-state index contributed by atoms with van der Waals surface area (Å²) in [5, 5.41) is 0. The minimum absolute atomic E-state index is 0.189. The molecule has 0 amide bonds. The van der Waals surface area contributed by atoms with Crippen molar-refractivity contribution in [2.75, 3.05) is 13.2 Å². The SMILES string of the molecule is CCOC(=O)C1=C(C)N=c2s/c(=C/c3ccc(OCC)cc3)c(=O)n2C1c1ccccc1. The summed E-state index contributed by atoms with van der Waals surface area (Å²) in [6.45, 7) is 6.33. The van der Waals surface area contributed by atoms with Crippen molar-refractivity contribution in [2.24, 2.45) is 4.99 Å². The summed E-state index contributed by atoms with van der Waals surface area (Å²) in [6.07, 6.45) is 1.84. The number of thiazole rings is 1. The zero-order valence-corrected chi connectivity index (χ0v) is 19.0. The fraction of sp³-hybridized carbons (Fsp3) is 0.240. The van der Waals surface area contributed by atoms with Crippen molar-refractivity contribution in [1.82, 2.24) is 4.57 Å². The summed E-state index contributed by atoms with van der Waals surface area (Å²) in [6, 6.07) is 16.5. The number of benzene rings is 2. The van der Waals surface area contributed by atoms with Crippen LogP contribution in [0.2, 0.25) is 0 Å². The van der Waals surface area contributed by atoms with E-state index in [2.05, 4.69) is 4.99 Å². The van der Waals surface area contributed by atoms with Crippen LogP contribution in [0.1, 0.15) is 37.9 Å². The number of carbonyl (C=O) groups excluding carboxylic acids is 1. The van der Waals surface area contributed by atoms with Crippen LogP contribution in [-0.4, -0.2) is 23.8 Å². The van der Waals surface area contributed by atoms with Crippen LogP contribution >= 0.6 is 11.3 Å².